The molecule has 0 spiro atoms. The van der Waals surface area contributed by atoms with Gasteiger partial charge in [-0.25, -0.2) is 4.98 Å². The third-order valence-electron chi connectivity index (χ3n) is 2.91. The van der Waals surface area contributed by atoms with Crippen LogP contribution >= 0.6 is 15.9 Å². The van der Waals surface area contributed by atoms with E-state index in [0.717, 1.165) is 4.47 Å². The molecule has 2 amide bonds. The van der Waals surface area contributed by atoms with Crippen molar-refractivity contribution < 1.29 is 9.59 Å². The van der Waals surface area contributed by atoms with Crippen LogP contribution in [0.15, 0.2) is 71.4 Å². The highest BCUT2D eigenvalue weighted by atomic mass is 79.9. The fourth-order valence-electron chi connectivity index (χ4n) is 1.81. The maximum atomic E-state index is 12.2. The quantitative estimate of drug-likeness (QED) is 0.599. The molecular formula is C18H16BrN3O2. The van der Waals surface area contributed by atoms with Gasteiger partial charge in [0.1, 0.15) is 5.82 Å². The van der Waals surface area contributed by atoms with E-state index in [1.165, 1.54) is 6.08 Å². The fourth-order valence-corrected chi connectivity index (χ4v) is 2.05. The number of nitrogens with one attached hydrogen (secondary N) is 2. The van der Waals surface area contributed by atoms with Gasteiger partial charge in [0.2, 0.25) is 5.91 Å². The number of rotatable bonds is 5. The van der Waals surface area contributed by atoms with Crippen molar-refractivity contribution in [3.63, 3.8) is 0 Å². The van der Waals surface area contributed by atoms with E-state index in [1.807, 2.05) is 13.0 Å². The molecule has 1 aromatic heterocycles. The molecule has 122 valence electrons. The molecule has 0 bridgehead atoms. The number of anilines is 2. The van der Waals surface area contributed by atoms with Crippen molar-refractivity contribution in [2.75, 3.05) is 10.6 Å². The van der Waals surface area contributed by atoms with Gasteiger partial charge in [-0.3, -0.25) is 9.59 Å². The van der Waals surface area contributed by atoms with Crippen molar-refractivity contribution in [3.05, 3.63) is 76.9 Å². The summed E-state index contributed by atoms with van der Waals surface area (Å²) in [5, 5.41) is 5.41. The van der Waals surface area contributed by atoms with E-state index in [0.29, 0.717) is 17.1 Å². The van der Waals surface area contributed by atoms with Gasteiger partial charge in [-0.15, -0.1) is 0 Å². The summed E-state index contributed by atoms with van der Waals surface area (Å²) in [5.74, 6) is -0.113. The minimum absolute atomic E-state index is 0.264. The summed E-state index contributed by atoms with van der Waals surface area (Å²) in [5.41, 5.74) is 0.969. The van der Waals surface area contributed by atoms with Gasteiger partial charge in [0.15, 0.2) is 0 Å². The molecule has 0 atom stereocenters. The van der Waals surface area contributed by atoms with Crippen LogP contribution in [0.1, 0.15) is 17.3 Å². The molecule has 5 nitrogen and oxygen atoms in total. The molecule has 6 heteroatoms. The molecule has 1 aromatic carbocycles. The van der Waals surface area contributed by atoms with Crippen LogP contribution in [0.5, 0.6) is 0 Å². The number of nitrogens with zero attached hydrogens (tertiary/aromatic N) is 1. The summed E-state index contributed by atoms with van der Waals surface area (Å²) in [6.07, 6.45) is 8.24. The number of pyridine rings is 1. The monoisotopic (exact) mass is 385 g/mol. The number of hydrogen-bond acceptors (Lipinski definition) is 3. The first-order valence-corrected chi connectivity index (χ1v) is 8.01. The Hall–Kier alpha value is -2.73. The fraction of sp³-hybridized carbons (Fsp3) is 0.0556. The minimum atomic E-state index is -0.301. The van der Waals surface area contributed by atoms with Gasteiger partial charge in [0, 0.05) is 28.0 Å². The highest BCUT2D eigenvalue weighted by Gasteiger charge is 2.08. The molecule has 2 aromatic rings. The summed E-state index contributed by atoms with van der Waals surface area (Å²) in [7, 11) is 0. The Bertz CT molecular complexity index is 783. The summed E-state index contributed by atoms with van der Waals surface area (Å²) in [6, 6.07) is 10.2. The molecule has 0 saturated heterocycles. The van der Waals surface area contributed by atoms with Crippen molar-refractivity contribution in [1.29, 1.82) is 0 Å². The minimum Gasteiger partial charge on any atom is -0.322 e. The van der Waals surface area contributed by atoms with Gasteiger partial charge in [0.05, 0.1) is 0 Å². The number of carbonyl (C=O) groups excluding carboxylic acids is 2. The predicted molar refractivity (Wildman–Crippen MR) is 98.9 cm³/mol. The van der Waals surface area contributed by atoms with Crippen LogP contribution in [-0.4, -0.2) is 16.8 Å². The Morgan fingerprint density at radius 3 is 2.67 bits per heavy atom. The number of hydrogen-bond donors (Lipinski definition) is 2. The maximum Gasteiger partial charge on any atom is 0.256 e. The molecule has 2 rings (SSSR count). The van der Waals surface area contributed by atoms with Crippen molar-refractivity contribution in [2.45, 2.75) is 6.92 Å². The lowest BCUT2D eigenvalue weighted by atomic mass is 10.2. The molecule has 0 radical (unpaired) electrons. The molecule has 0 fully saturated rings. The average Bonchev–Trinajstić information content (AvgIpc) is 2.57. The summed E-state index contributed by atoms with van der Waals surface area (Å²) in [4.78, 5) is 28.1. The largest absolute Gasteiger partial charge is 0.322 e. The molecule has 0 saturated carbocycles. The summed E-state index contributed by atoms with van der Waals surface area (Å²) >= 11 is 3.29. The first kappa shape index (κ1) is 17.6. The van der Waals surface area contributed by atoms with Gasteiger partial charge in [-0.1, -0.05) is 24.3 Å². The van der Waals surface area contributed by atoms with Crippen LogP contribution in [0.3, 0.4) is 0 Å². The van der Waals surface area contributed by atoms with Crippen molar-refractivity contribution in [3.8, 4) is 0 Å². The first-order valence-electron chi connectivity index (χ1n) is 7.22. The lowest BCUT2D eigenvalue weighted by Gasteiger charge is -2.07. The van der Waals surface area contributed by atoms with Crippen LogP contribution in [-0.2, 0) is 4.79 Å². The Morgan fingerprint density at radius 1 is 1.12 bits per heavy atom. The predicted octanol–water partition coefficient (Wildman–Crippen LogP) is 4.17. The second kappa shape index (κ2) is 8.79. The van der Waals surface area contributed by atoms with Gasteiger partial charge in [0.25, 0.3) is 5.91 Å². The lowest BCUT2D eigenvalue weighted by molar-refractivity contribution is -0.111. The molecule has 1 heterocycles. The zero-order valence-corrected chi connectivity index (χ0v) is 14.6. The van der Waals surface area contributed by atoms with E-state index < -0.39 is 0 Å². The number of benzene rings is 1. The van der Waals surface area contributed by atoms with Crippen LogP contribution < -0.4 is 10.6 Å². The zero-order chi connectivity index (χ0) is 17.4. The normalized spacial score (nSPS) is 10.9. The van der Waals surface area contributed by atoms with E-state index in [-0.39, 0.29) is 11.8 Å². The third-order valence-corrected chi connectivity index (χ3v) is 3.38. The second-order valence-corrected chi connectivity index (χ2v) is 5.69. The van der Waals surface area contributed by atoms with Gasteiger partial charge in [-0.2, -0.15) is 0 Å². The van der Waals surface area contributed by atoms with Crippen LogP contribution in [0, 0.1) is 0 Å². The van der Waals surface area contributed by atoms with E-state index in [2.05, 4.69) is 31.5 Å². The highest BCUT2D eigenvalue weighted by molar-refractivity contribution is 9.10. The van der Waals surface area contributed by atoms with Crippen molar-refractivity contribution in [2.24, 2.45) is 0 Å². The van der Waals surface area contributed by atoms with E-state index in [1.54, 1.807) is 54.7 Å². The third kappa shape index (κ3) is 5.48. The maximum absolute atomic E-state index is 12.2. The van der Waals surface area contributed by atoms with Crippen LogP contribution in [0.2, 0.25) is 0 Å². The molecule has 0 unspecified atom stereocenters. The Morgan fingerprint density at radius 2 is 1.96 bits per heavy atom. The smallest absolute Gasteiger partial charge is 0.256 e. The molecule has 0 aliphatic carbocycles. The van der Waals surface area contributed by atoms with Gasteiger partial charge in [-0.05, 0) is 53.2 Å². The summed E-state index contributed by atoms with van der Waals surface area (Å²) in [6.45, 7) is 1.87. The van der Waals surface area contributed by atoms with E-state index in [9.17, 15) is 9.59 Å². The van der Waals surface area contributed by atoms with E-state index in [4.69, 9.17) is 0 Å². The standard InChI is InChI=1S/C18H16BrN3O2/c1-2-3-4-8-17(23)21-15-7-5-6-13(11-15)18(24)22-16-10-9-14(19)12-20-16/h2-12H,1H3,(H,21,23)(H,20,22,24). The first-order chi connectivity index (χ1) is 11.6. The molecule has 24 heavy (non-hydrogen) atoms. The molecule has 2 N–H and O–H groups in total. The van der Waals surface area contributed by atoms with Crippen LogP contribution in [0.25, 0.3) is 0 Å². The SMILES string of the molecule is CC=CC=CC(=O)Nc1cccc(C(=O)Nc2ccc(Br)cn2)c1. The lowest BCUT2D eigenvalue weighted by Crippen LogP contribution is -2.14. The number of amides is 2. The average molecular weight is 386 g/mol. The van der Waals surface area contributed by atoms with Gasteiger partial charge < -0.3 is 10.6 Å². The molecule has 0 aliphatic rings. The molecular weight excluding hydrogens is 370 g/mol. The Kier molecular flexibility index (Phi) is 6.45. The van der Waals surface area contributed by atoms with E-state index >= 15 is 0 Å². The summed E-state index contributed by atoms with van der Waals surface area (Å²) < 4.78 is 0.830. The number of allylic oxidation sites excluding steroid dienone is 3. The number of aromatic nitrogens is 1. The Balaban J connectivity index is 2.04. The topological polar surface area (TPSA) is 71.1 Å². The second-order valence-electron chi connectivity index (χ2n) is 4.77. The van der Waals surface area contributed by atoms with Crippen molar-refractivity contribution in [1.82, 2.24) is 4.98 Å². The van der Waals surface area contributed by atoms with Crippen LogP contribution in [0.4, 0.5) is 11.5 Å². The van der Waals surface area contributed by atoms with Gasteiger partial charge >= 0.3 is 0 Å². The zero-order valence-electron chi connectivity index (χ0n) is 13.0. The number of halogens is 1. The number of carbonyl (C=O) groups is 2. The van der Waals surface area contributed by atoms with Crippen molar-refractivity contribution >= 4 is 39.2 Å². The Labute approximate surface area is 148 Å². The highest BCUT2D eigenvalue weighted by Crippen LogP contribution is 2.14. The molecule has 0 aliphatic heterocycles.